The highest BCUT2D eigenvalue weighted by atomic mass is 16.5. The summed E-state index contributed by atoms with van der Waals surface area (Å²) in [6.45, 7) is 2.04. The second-order valence-electron chi connectivity index (χ2n) is 6.35. The van der Waals surface area contributed by atoms with Crippen molar-refractivity contribution in [3.05, 3.63) is 83.9 Å². The predicted octanol–water partition coefficient (Wildman–Crippen LogP) is 5.18. The lowest BCUT2D eigenvalue weighted by Gasteiger charge is -2.10. The molecule has 0 bridgehead atoms. The minimum atomic E-state index is -0.388. The maximum atomic E-state index is 11.6. The van der Waals surface area contributed by atoms with Crippen LogP contribution in [0.15, 0.2) is 72.8 Å². The highest BCUT2D eigenvalue weighted by Crippen LogP contribution is 2.30. The number of aryl methyl sites for hydroxylation is 1. The van der Waals surface area contributed by atoms with E-state index in [9.17, 15) is 4.79 Å². The molecule has 4 rings (SSSR count). The number of para-hydroxylation sites is 1. The molecular formula is C23H18N2O3. The Kier molecular flexibility index (Phi) is 4.72. The van der Waals surface area contributed by atoms with Crippen LogP contribution in [-0.2, 0) is 4.74 Å². The number of fused-ring (bicyclic) bond motifs is 1. The molecule has 3 aromatic carbocycles. The van der Waals surface area contributed by atoms with Crippen molar-refractivity contribution in [2.75, 3.05) is 7.11 Å². The Morgan fingerprint density at radius 3 is 2.29 bits per heavy atom. The molecule has 0 unspecified atom stereocenters. The van der Waals surface area contributed by atoms with Crippen molar-refractivity contribution in [3.63, 3.8) is 0 Å². The van der Waals surface area contributed by atoms with Crippen LogP contribution >= 0.6 is 0 Å². The zero-order valence-corrected chi connectivity index (χ0v) is 15.5. The highest BCUT2D eigenvalue weighted by Gasteiger charge is 2.12. The first-order valence-electron chi connectivity index (χ1n) is 8.84. The third-order valence-corrected chi connectivity index (χ3v) is 4.37. The van der Waals surface area contributed by atoms with Crippen LogP contribution < -0.4 is 4.74 Å². The van der Waals surface area contributed by atoms with Crippen LogP contribution in [0.3, 0.4) is 0 Å². The molecule has 0 aliphatic rings. The second-order valence-corrected chi connectivity index (χ2v) is 6.35. The summed E-state index contributed by atoms with van der Waals surface area (Å²) >= 11 is 0. The molecule has 0 aliphatic carbocycles. The number of carbonyl (C=O) groups is 1. The molecule has 0 fully saturated rings. The zero-order valence-electron chi connectivity index (χ0n) is 15.5. The number of aromatic nitrogens is 2. The molecule has 0 amide bonds. The van der Waals surface area contributed by atoms with Gasteiger partial charge in [-0.3, -0.25) is 0 Å². The van der Waals surface area contributed by atoms with Gasteiger partial charge in [0.1, 0.15) is 5.75 Å². The fourth-order valence-corrected chi connectivity index (χ4v) is 2.85. The molecule has 1 aromatic heterocycles. The monoisotopic (exact) mass is 370 g/mol. The molecule has 28 heavy (non-hydrogen) atoms. The van der Waals surface area contributed by atoms with Crippen molar-refractivity contribution in [2.45, 2.75) is 6.92 Å². The van der Waals surface area contributed by atoms with Gasteiger partial charge >= 0.3 is 5.97 Å². The zero-order chi connectivity index (χ0) is 19.5. The van der Waals surface area contributed by atoms with Gasteiger partial charge in [-0.25, -0.2) is 9.78 Å². The third kappa shape index (κ3) is 3.55. The van der Waals surface area contributed by atoms with Crippen molar-refractivity contribution >= 4 is 16.9 Å². The van der Waals surface area contributed by atoms with Gasteiger partial charge in [0.05, 0.1) is 23.6 Å². The number of nitrogens with zero attached hydrogens (tertiary/aromatic N) is 2. The van der Waals surface area contributed by atoms with Crippen molar-refractivity contribution < 1.29 is 14.3 Å². The maximum Gasteiger partial charge on any atom is 0.337 e. The number of hydrogen-bond donors (Lipinski definition) is 0. The Bertz CT molecular complexity index is 1140. The molecule has 5 nitrogen and oxygen atoms in total. The SMILES string of the molecule is COC(=O)c1ccc(Oc2nc(-c3ccc(C)cc3)nc3ccccc23)cc1. The summed E-state index contributed by atoms with van der Waals surface area (Å²) in [4.78, 5) is 20.9. The first kappa shape index (κ1) is 17.7. The van der Waals surface area contributed by atoms with Gasteiger partial charge in [-0.1, -0.05) is 42.0 Å². The summed E-state index contributed by atoms with van der Waals surface area (Å²) < 4.78 is 10.8. The minimum Gasteiger partial charge on any atom is -0.465 e. The molecule has 0 spiro atoms. The lowest BCUT2D eigenvalue weighted by Crippen LogP contribution is -2.00. The summed E-state index contributed by atoms with van der Waals surface area (Å²) in [6, 6.07) is 22.5. The molecule has 5 heteroatoms. The van der Waals surface area contributed by atoms with Gasteiger partial charge < -0.3 is 9.47 Å². The number of benzene rings is 3. The topological polar surface area (TPSA) is 61.3 Å². The number of ether oxygens (including phenoxy) is 2. The summed E-state index contributed by atoms with van der Waals surface area (Å²) in [6.07, 6.45) is 0. The fourth-order valence-electron chi connectivity index (χ4n) is 2.85. The first-order valence-corrected chi connectivity index (χ1v) is 8.84. The molecular weight excluding hydrogens is 352 g/mol. The second kappa shape index (κ2) is 7.48. The Labute approximate surface area is 162 Å². The van der Waals surface area contributed by atoms with Gasteiger partial charge in [0.25, 0.3) is 0 Å². The number of carbonyl (C=O) groups excluding carboxylic acids is 1. The van der Waals surface area contributed by atoms with E-state index in [1.807, 2.05) is 55.5 Å². The number of methoxy groups -OCH3 is 1. The standard InChI is InChI=1S/C23H18N2O3/c1-15-7-9-16(10-8-15)21-24-20-6-4-3-5-19(20)22(25-21)28-18-13-11-17(12-14-18)23(26)27-2/h3-14H,1-2H3. The van der Waals surface area contributed by atoms with Crippen molar-refractivity contribution in [3.8, 4) is 23.0 Å². The largest absolute Gasteiger partial charge is 0.465 e. The summed E-state index contributed by atoms with van der Waals surface area (Å²) in [5.41, 5.74) is 3.35. The van der Waals surface area contributed by atoms with Gasteiger partial charge in [0, 0.05) is 5.56 Å². The van der Waals surface area contributed by atoms with E-state index in [0.29, 0.717) is 23.0 Å². The molecule has 0 saturated heterocycles. The Balaban J connectivity index is 1.75. The van der Waals surface area contributed by atoms with E-state index in [4.69, 9.17) is 9.47 Å². The molecule has 0 atom stereocenters. The summed E-state index contributed by atoms with van der Waals surface area (Å²) in [5, 5.41) is 0.815. The summed E-state index contributed by atoms with van der Waals surface area (Å²) in [7, 11) is 1.35. The van der Waals surface area contributed by atoms with E-state index in [1.54, 1.807) is 24.3 Å². The van der Waals surface area contributed by atoms with E-state index in [0.717, 1.165) is 16.5 Å². The van der Waals surface area contributed by atoms with Crippen LogP contribution in [0.25, 0.3) is 22.3 Å². The minimum absolute atomic E-state index is 0.388. The van der Waals surface area contributed by atoms with Crippen LogP contribution in [0.1, 0.15) is 15.9 Å². The molecule has 1 heterocycles. The maximum absolute atomic E-state index is 11.6. The molecule has 0 N–H and O–H groups in total. The van der Waals surface area contributed by atoms with Gasteiger partial charge in [0.15, 0.2) is 5.82 Å². The smallest absolute Gasteiger partial charge is 0.337 e. The van der Waals surface area contributed by atoms with Crippen LogP contribution in [-0.4, -0.2) is 23.0 Å². The van der Waals surface area contributed by atoms with E-state index < -0.39 is 0 Å². The molecule has 0 saturated carbocycles. The summed E-state index contributed by atoms with van der Waals surface area (Å²) in [5.74, 6) is 1.25. The Hall–Kier alpha value is -3.73. The number of hydrogen-bond acceptors (Lipinski definition) is 5. The van der Waals surface area contributed by atoms with Gasteiger partial charge in [-0.15, -0.1) is 0 Å². The molecule has 138 valence electrons. The van der Waals surface area contributed by atoms with Crippen molar-refractivity contribution in [1.82, 2.24) is 9.97 Å². The van der Waals surface area contributed by atoms with E-state index in [2.05, 4.69) is 9.97 Å². The fraction of sp³-hybridized carbons (Fsp3) is 0.0870. The van der Waals surface area contributed by atoms with Gasteiger partial charge in [-0.05, 0) is 43.3 Å². The van der Waals surface area contributed by atoms with Gasteiger partial charge in [-0.2, -0.15) is 4.98 Å². The lowest BCUT2D eigenvalue weighted by molar-refractivity contribution is 0.0600. The predicted molar refractivity (Wildman–Crippen MR) is 108 cm³/mol. The van der Waals surface area contributed by atoms with Crippen molar-refractivity contribution in [2.24, 2.45) is 0 Å². The average molecular weight is 370 g/mol. The normalized spacial score (nSPS) is 10.6. The molecule has 0 radical (unpaired) electrons. The van der Waals surface area contributed by atoms with Crippen LogP contribution in [0.5, 0.6) is 11.6 Å². The first-order chi connectivity index (χ1) is 13.6. The van der Waals surface area contributed by atoms with Crippen LogP contribution in [0.4, 0.5) is 0 Å². The highest BCUT2D eigenvalue weighted by molar-refractivity contribution is 5.89. The van der Waals surface area contributed by atoms with E-state index in [1.165, 1.54) is 12.7 Å². The number of esters is 1. The third-order valence-electron chi connectivity index (χ3n) is 4.37. The van der Waals surface area contributed by atoms with Crippen molar-refractivity contribution in [1.29, 1.82) is 0 Å². The van der Waals surface area contributed by atoms with Gasteiger partial charge in [0.2, 0.25) is 5.88 Å². The molecule has 4 aromatic rings. The van der Waals surface area contributed by atoms with Crippen LogP contribution in [0, 0.1) is 6.92 Å². The number of rotatable bonds is 4. The molecule has 0 aliphatic heterocycles. The van der Waals surface area contributed by atoms with E-state index in [-0.39, 0.29) is 5.97 Å². The Morgan fingerprint density at radius 2 is 1.57 bits per heavy atom. The quantitative estimate of drug-likeness (QED) is 0.463. The lowest BCUT2D eigenvalue weighted by atomic mass is 10.1. The Morgan fingerprint density at radius 1 is 0.857 bits per heavy atom. The van der Waals surface area contributed by atoms with Crippen LogP contribution in [0.2, 0.25) is 0 Å². The van der Waals surface area contributed by atoms with E-state index >= 15 is 0 Å². The average Bonchev–Trinajstić information content (AvgIpc) is 2.74.